The van der Waals surface area contributed by atoms with Gasteiger partial charge in [-0.15, -0.1) is 0 Å². The minimum Gasteiger partial charge on any atom is -0.394 e. The van der Waals surface area contributed by atoms with Crippen LogP contribution in [0.25, 0.3) is 16.7 Å². The van der Waals surface area contributed by atoms with E-state index in [1.165, 1.54) is 0 Å². The van der Waals surface area contributed by atoms with Crippen LogP contribution in [-0.4, -0.2) is 33.2 Å². The molecule has 5 heteroatoms. The van der Waals surface area contributed by atoms with Crippen molar-refractivity contribution in [3.8, 4) is 5.69 Å². The number of amides is 1. The number of aromatic nitrogens is 2. The second-order valence-corrected chi connectivity index (χ2v) is 6.70. The van der Waals surface area contributed by atoms with Gasteiger partial charge in [0.1, 0.15) is 6.33 Å². The van der Waals surface area contributed by atoms with Gasteiger partial charge in [-0.25, -0.2) is 4.98 Å². The summed E-state index contributed by atoms with van der Waals surface area (Å²) in [5, 5.41) is 12.6. The first-order valence-corrected chi connectivity index (χ1v) is 9.23. The lowest BCUT2D eigenvalue weighted by atomic mass is 10.1. The summed E-state index contributed by atoms with van der Waals surface area (Å²) in [4.78, 5) is 17.1. The number of imidazole rings is 1. The smallest absolute Gasteiger partial charge is 0.251 e. The fraction of sp³-hybridized carbons (Fsp3) is 0.130. The Bertz CT molecular complexity index is 1090. The number of hydrogen-bond acceptors (Lipinski definition) is 3. The number of benzene rings is 3. The van der Waals surface area contributed by atoms with Crippen molar-refractivity contribution in [2.45, 2.75) is 12.5 Å². The first kappa shape index (κ1) is 17.9. The van der Waals surface area contributed by atoms with Gasteiger partial charge in [0.25, 0.3) is 5.91 Å². The third-order valence-corrected chi connectivity index (χ3v) is 4.72. The van der Waals surface area contributed by atoms with Crippen LogP contribution in [-0.2, 0) is 6.42 Å². The van der Waals surface area contributed by atoms with Crippen molar-refractivity contribution in [3.05, 3.63) is 96.3 Å². The van der Waals surface area contributed by atoms with Crippen LogP contribution in [0.1, 0.15) is 15.9 Å². The number of para-hydroxylation sites is 2. The zero-order chi connectivity index (χ0) is 19.3. The van der Waals surface area contributed by atoms with Crippen molar-refractivity contribution in [2.75, 3.05) is 6.61 Å². The van der Waals surface area contributed by atoms with Gasteiger partial charge in [-0.2, -0.15) is 0 Å². The van der Waals surface area contributed by atoms with Gasteiger partial charge < -0.3 is 10.4 Å². The molecule has 1 atom stereocenters. The highest BCUT2D eigenvalue weighted by atomic mass is 16.3. The van der Waals surface area contributed by atoms with Crippen molar-refractivity contribution in [1.82, 2.24) is 14.9 Å². The van der Waals surface area contributed by atoms with Gasteiger partial charge in [0, 0.05) is 11.3 Å². The lowest BCUT2D eigenvalue weighted by Gasteiger charge is -2.17. The van der Waals surface area contributed by atoms with Crippen molar-refractivity contribution in [3.63, 3.8) is 0 Å². The zero-order valence-corrected chi connectivity index (χ0v) is 15.3. The average molecular weight is 371 g/mol. The maximum atomic E-state index is 12.7. The first-order chi connectivity index (χ1) is 13.7. The molecule has 2 N–H and O–H groups in total. The molecular weight excluding hydrogens is 350 g/mol. The highest BCUT2D eigenvalue weighted by Gasteiger charge is 2.14. The van der Waals surface area contributed by atoms with Gasteiger partial charge in [0.2, 0.25) is 0 Å². The molecule has 0 fully saturated rings. The topological polar surface area (TPSA) is 67.2 Å². The summed E-state index contributed by atoms with van der Waals surface area (Å²) in [6, 6.07) is 24.7. The number of rotatable bonds is 6. The van der Waals surface area contributed by atoms with Gasteiger partial charge in [0.05, 0.1) is 23.7 Å². The van der Waals surface area contributed by atoms with Crippen molar-refractivity contribution in [1.29, 1.82) is 0 Å². The molecule has 1 aromatic heterocycles. The Balaban J connectivity index is 1.54. The van der Waals surface area contributed by atoms with Gasteiger partial charge in [0.15, 0.2) is 0 Å². The predicted molar refractivity (Wildman–Crippen MR) is 110 cm³/mol. The minimum atomic E-state index is -0.340. The molecule has 28 heavy (non-hydrogen) atoms. The molecule has 0 aliphatic rings. The predicted octanol–water partition coefficient (Wildman–Crippen LogP) is 3.36. The molecule has 4 aromatic rings. The molecule has 140 valence electrons. The summed E-state index contributed by atoms with van der Waals surface area (Å²) >= 11 is 0. The largest absolute Gasteiger partial charge is 0.394 e. The lowest BCUT2D eigenvalue weighted by Crippen LogP contribution is -2.39. The van der Waals surface area contributed by atoms with Crippen LogP contribution in [0.5, 0.6) is 0 Å². The Morgan fingerprint density at radius 3 is 2.61 bits per heavy atom. The Morgan fingerprint density at radius 1 is 1.00 bits per heavy atom. The number of carbonyl (C=O) groups is 1. The molecule has 0 saturated carbocycles. The van der Waals surface area contributed by atoms with Crippen LogP contribution in [0, 0.1) is 0 Å². The van der Waals surface area contributed by atoms with Gasteiger partial charge in [-0.3, -0.25) is 9.36 Å². The van der Waals surface area contributed by atoms with Gasteiger partial charge in [-0.05, 0) is 42.3 Å². The maximum absolute atomic E-state index is 12.7. The quantitative estimate of drug-likeness (QED) is 0.546. The summed E-state index contributed by atoms with van der Waals surface area (Å²) in [6.45, 7) is -0.119. The number of hydrogen-bond donors (Lipinski definition) is 2. The van der Waals surface area contributed by atoms with E-state index in [-0.39, 0.29) is 18.6 Å². The van der Waals surface area contributed by atoms with E-state index in [1.54, 1.807) is 12.4 Å². The number of nitrogens with zero attached hydrogens (tertiary/aromatic N) is 2. The van der Waals surface area contributed by atoms with Gasteiger partial charge in [-0.1, -0.05) is 48.5 Å². The van der Waals surface area contributed by atoms with E-state index in [0.29, 0.717) is 12.0 Å². The number of nitrogens with one attached hydrogen (secondary N) is 1. The summed E-state index contributed by atoms with van der Waals surface area (Å²) in [5.41, 5.74) is 4.37. The molecule has 0 aliphatic heterocycles. The molecule has 0 spiro atoms. The molecule has 5 nitrogen and oxygen atoms in total. The van der Waals surface area contributed by atoms with Crippen LogP contribution in [0.4, 0.5) is 0 Å². The van der Waals surface area contributed by atoms with Crippen LogP contribution in [0.15, 0.2) is 85.2 Å². The minimum absolute atomic E-state index is 0.119. The molecule has 0 radical (unpaired) electrons. The van der Waals surface area contributed by atoms with E-state index >= 15 is 0 Å². The summed E-state index contributed by atoms with van der Waals surface area (Å²) in [7, 11) is 0. The molecular formula is C23H21N3O2. The normalized spacial score (nSPS) is 12.0. The number of carbonyl (C=O) groups excluding carboxylic acids is 1. The summed E-state index contributed by atoms with van der Waals surface area (Å²) in [5.74, 6) is -0.207. The van der Waals surface area contributed by atoms with Crippen molar-refractivity contribution < 1.29 is 9.90 Å². The van der Waals surface area contributed by atoms with E-state index < -0.39 is 0 Å². The highest BCUT2D eigenvalue weighted by molar-refractivity contribution is 5.95. The fourth-order valence-electron chi connectivity index (χ4n) is 3.29. The molecule has 0 bridgehead atoms. The third-order valence-electron chi connectivity index (χ3n) is 4.72. The van der Waals surface area contributed by atoms with Crippen molar-refractivity contribution in [2.24, 2.45) is 0 Å². The standard InChI is InChI=1S/C23H21N3O2/c27-15-19(13-17-7-2-1-3-8-17)25-23(28)18-9-6-10-20(14-18)26-16-24-21-11-4-5-12-22(21)26/h1-12,14,16,19,27H,13,15H2,(H,25,28). The summed E-state index contributed by atoms with van der Waals surface area (Å²) in [6.07, 6.45) is 2.34. The molecule has 0 aliphatic carbocycles. The SMILES string of the molecule is O=C(NC(CO)Cc1ccccc1)c1cccc(-n2cnc3ccccc32)c1. The number of fused-ring (bicyclic) bond motifs is 1. The van der Waals surface area contributed by atoms with Crippen LogP contribution in [0.3, 0.4) is 0 Å². The second-order valence-electron chi connectivity index (χ2n) is 6.70. The molecule has 1 heterocycles. The Morgan fingerprint density at radius 2 is 1.79 bits per heavy atom. The maximum Gasteiger partial charge on any atom is 0.251 e. The van der Waals surface area contributed by atoms with Crippen LogP contribution < -0.4 is 5.32 Å². The monoisotopic (exact) mass is 371 g/mol. The molecule has 1 unspecified atom stereocenters. The van der Waals surface area contributed by atoms with E-state index in [9.17, 15) is 9.90 Å². The highest BCUT2D eigenvalue weighted by Crippen LogP contribution is 2.19. The van der Waals surface area contributed by atoms with E-state index in [0.717, 1.165) is 22.3 Å². The molecule has 0 saturated heterocycles. The van der Waals surface area contributed by atoms with Gasteiger partial charge >= 0.3 is 0 Å². The molecule has 1 amide bonds. The third kappa shape index (κ3) is 3.80. The number of aliphatic hydroxyl groups excluding tert-OH is 1. The lowest BCUT2D eigenvalue weighted by molar-refractivity contribution is 0.0916. The Labute approximate surface area is 163 Å². The Kier molecular flexibility index (Phi) is 5.17. The molecule has 4 rings (SSSR count). The average Bonchev–Trinajstić information content (AvgIpc) is 3.18. The van der Waals surface area contributed by atoms with Crippen LogP contribution in [0.2, 0.25) is 0 Å². The zero-order valence-electron chi connectivity index (χ0n) is 15.3. The second kappa shape index (κ2) is 8.06. The van der Waals surface area contributed by atoms with E-state index in [4.69, 9.17) is 0 Å². The number of aliphatic hydroxyl groups is 1. The first-order valence-electron chi connectivity index (χ1n) is 9.23. The van der Waals surface area contributed by atoms with E-state index in [2.05, 4.69) is 10.3 Å². The molecule has 3 aromatic carbocycles. The van der Waals surface area contributed by atoms with Crippen molar-refractivity contribution >= 4 is 16.9 Å². The fourth-order valence-corrected chi connectivity index (χ4v) is 3.29. The van der Waals surface area contributed by atoms with Crippen LogP contribution >= 0.6 is 0 Å². The Hall–Kier alpha value is -3.44. The summed E-state index contributed by atoms with van der Waals surface area (Å²) < 4.78 is 1.96. The van der Waals surface area contributed by atoms with E-state index in [1.807, 2.05) is 77.4 Å².